The van der Waals surface area contributed by atoms with E-state index in [1.807, 2.05) is 39.0 Å². The molecule has 5 heteroatoms. The largest absolute Gasteiger partial charge is 0.480 e. The van der Waals surface area contributed by atoms with Crippen LogP contribution in [0.4, 0.5) is 0 Å². The monoisotopic (exact) mass is 303 g/mol. The van der Waals surface area contributed by atoms with Gasteiger partial charge in [0.15, 0.2) is 0 Å². The van der Waals surface area contributed by atoms with Gasteiger partial charge in [-0.1, -0.05) is 26.0 Å². The maximum atomic E-state index is 12.1. The zero-order valence-corrected chi connectivity index (χ0v) is 13.1. The molecule has 2 rings (SSSR count). The molecule has 2 aromatic rings. The Balaban J connectivity index is 2.08. The molecule has 0 aliphatic rings. The van der Waals surface area contributed by atoms with Gasteiger partial charge >= 0.3 is 5.97 Å². The van der Waals surface area contributed by atoms with Gasteiger partial charge in [-0.25, -0.2) is 4.79 Å². The fourth-order valence-corrected chi connectivity index (χ4v) is 2.44. The molecule has 1 atom stereocenters. The molecular formula is C17H21NO4. The predicted octanol–water partition coefficient (Wildman–Crippen LogP) is 2.90. The van der Waals surface area contributed by atoms with E-state index in [-0.39, 0.29) is 18.2 Å². The molecule has 0 saturated carbocycles. The molecule has 2 N–H and O–H groups in total. The molecule has 1 amide bonds. The van der Waals surface area contributed by atoms with E-state index in [1.165, 1.54) is 0 Å². The molecule has 5 nitrogen and oxygen atoms in total. The standard InChI is InChI=1S/C17H21NO4/c1-10(2)6-14(17(20)21)18-16(19)8-12-9-22-15-7-11(3)4-5-13(12)15/h4-5,7,9-10,14H,6,8H2,1-3H3,(H,18,19)(H,20,21). The second kappa shape index (κ2) is 6.64. The number of nitrogens with one attached hydrogen (secondary N) is 1. The number of aryl methyl sites for hydroxylation is 1. The molecule has 118 valence electrons. The van der Waals surface area contributed by atoms with Crippen LogP contribution in [-0.4, -0.2) is 23.0 Å². The number of benzene rings is 1. The minimum absolute atomic E-state index is 0.109. The zero-order chi connectivity index (χ0) is 16.3. The molecule has 1 aromatic heterocycles. The summed E-state index contributed by atoms with van der Waals surface area (Å²) in [5.41, 5.74) is 2.58. The van der Waals surface area contributed by atoms with Crippen molar-refractivity contribution in [1.82, 2.24) is 5.32 Å². The Labute approximate surface area is 129 Å². The highest BCUT2D eigenvalue weighted by atomic mass is 16.4. The van der Waals surface area contributed by atoms with Gasteiger partial charge in [0.2, 0.25) is 5.91 Å². The van der Waals surface area contributed by atoms with Crippen LogP contribution in [0.5, 0.6) is 0 Å². The average Bonchev–Trinajstić information content (AvgIpc) is 2.79. The predicted molar refractivity (Wildman–Crippen MR) is 83.7 cm³/mol. The molecule has 0 aliphatic carbocycles. The van der Waals surface area contributed by atoms with E-state index in [9.17, 15) is 9.59 Å². The lowest BCUT2D eigenvalue weighted by Crippen LogP contribution is -2.42. The van der Waals surface area contributed by atoms with Crippen molar-refractivity contribution in [1.29, 1.82) is 0 Å². The molecule has 0 radical (unpaired) electrons. The van der Waals surface area contributed by atoms with Gasteiger partial charge in [0.1, 0.15) is 11.6 Å². The van der Waals surface area contributed by atoms with Gasteiger partial charge in [0, 0.05) is 10.9 Å². The maximum Gasteiger partial charge on any atom is 0.326 e. The third kappa shape index (κ3) is 3.87. The lowest BCUT2D eigenvalue weighted by Gasteiger charge is -2.16. The van der Waals surface area contributed by atoms with Crippen molar-refractivity contribution in [3.05, 3.63) is 35.6 Å². The molecular weight excluding hydrogens is 282 g/mol. The van der Waals surface area contributed by atoms with Gasteiger partial charge in [0.25, 0.3) is 0 Å². The van der Waals surface area contributed by atoms with E-state index in [4.69, 9.17) is 9.52 Å². The van der Waals surface area contributed by atoms with Crippen molar-refractivity contribution in [3.8, 4) is 0 Å². The van der Waals surface area contributed by atoms with Crippen molar-refractivity contribution in [3.63, 3.8) is 0 Å². The second-order valence-corrected chi connectivity index (χ2v) is 6.03. The summed E-state index contributed by atoms with van der Waals surface area (Å²) in [5, 5.41) is 12.6. The zero-order valence-electron chi connectivity index (χ0n) is 13.1. The summed E-state index contributed by atoms with van der Waals surface area (Å²) >= 11 is 0. The molecule has 1 aromatic carbocycles. The first-order chi connectivity index (χ1) is 10.4. The number of carbonyl (C=O) groups is 2. The minimum atomic E-state index is -1.00. The number of rotatable bonds is 6. The van der Waals surface area contributed by atoms with E-state index < -0.39 is 12.0 Å². The maximum absolute atomic E-state index is 12.1. The summed E-state index contributed by atoms with van der Waals surface area (Å²) in [6, 6.07) is 4.93. The van der Waals surface area contributed by atoms with Crippen LogP contribution in [0.15, 0.2) is 28.9 Å². The topological polar surface area (TPSA) is 79.5 Å². The highest BCUT2D eigenvalue weighted by Gasteiger charge is 2.21. The van der Waals surface area contributed by atoms with Gasteiger partial charge in [0.05, 0.1) is 12.7 Å². The third-order valence-electron chi connectivity index (χ3n) is 3.50. The number of amides is 1. The highest BCUT2D eigenvalue weighted by Crippen LogP contribution is 2.22. The average molecular weight is 303 g/mol. The summed E-state index contributed by atoms with van der Waals surface area (Å²) in [6.45, 7) is 5.82. The first-order valence-electron chi connectivity index (χ1n) is 7.35. The van der Waals surface area contributed by atoms with Gasteiger partial charge in [-0.05, 0) is 30.9 Å². The van der Waals surface area contributed by atoms with Gasteiger partial charge in [-0.2, -0.15) is 0 Å². The Morgan fingerprint density at radius 1 is 1.32 bits per heavy atom. The fraction of sp³-hybridized carbons (Fsp3) is 0.412. The number of furan rings is 1. The molecule has 0 fully saturated rings. The smallest absolute Gasteiger partial charge is 0.326 e. The summed E-state index contributed by atoms with van der Waals surface area (Å²) < 4.78 is 5.45. The third-order valence-corrected chi connectivity index (χ3v) is 3.50. The molecule has 1 heterocycles. The number of fused-ring (bicyclic) bond motifs is 1. The second-order valence-electron chi connectivity index (χ2n) is 6.03. The van der Waals surface area contributed by atoms with Gasteiger partial charge in [-0.3, -0.25) is 4.79 Å². The first kappa shape index (κ1) is 16.1. The number of hydrogen-bond acceptors (Lipinski definition) is 3. The molecule has 0 spiro atoms. The summed E-state index contributed by atoms with van der Waals surface area (Å²) in [5.74, 6) is -1.12. The Morgan fingerprint density at radius 3 is 2.68 bits per heavy atom. The van der Waals surface area contributed by atoms with Crippen LogP contribution in [0.2, 0.25) is 0 Å². The molecule has 0 bridgehead atoms. The van der Waals surface area contributed by atoms with Gasteiger partial charge in [-0.15, -0.1) is 0 Å². The van der Waals surface area contributed by atoms with E-state index in [0.717, 1.165) is 22.1 Å². The van der Waals surface area contributed by atoms with Crippen molar-refractivity contribution in [2.45, 2.75) is 39.7 Å². The van der Waals surface area contributed by atoms with Crippen molar-refractivity contribution < 1.29 is 19.1 Å². The Bertz CT molecular complexity index is 687. The molecule has 0 saturated heterocycles. The SMILES string of the molecule is Cc1ccc2c(CC(=O)NC(CC(C)C)C(=O)O)coc2c1. The number of carboxylic acids is 1. The van der Waals surface area contributed by atoms with E-state index >= 15 is 0 Å². The Kier molecular flexibility index (Phi) is 4.85. The highest BCUT2D eigenvalue weighted by molar-refractivity contribution is 5.89. The van der Waals surface area contributed by atoms with Crippen molar-refractivity contribution >= 4 is 22.8 Å². The summed E-state index contributed by atoms with van der Waals surface area (Å²) in [7, 11) is 0. The van der Waals surface area contributed by atoms with E-state index in [1.54, 1.807) is 6.26 Å². The Hall–Kier alpha value is -2.30. The lowest BCUT2D eigenvalue weighted by atomic mass is 10.0. The van der Waals surface area contributed by atoms with Gasteiger partial charge < -0.3 is 14.8 Å². The van der Waals surface area contributed by atoms with Crippen molar-refractivity contribution in [2.75, 3.05) is 0 Å². The summed E-state index contributed by atoms with van der Waals surface area (Å²) in [6.07, 6.45) is 2.08. The van der Waals surface area contributed by atoms with Crippen LogP contribution in [0.1, 0.15) is 31.4 Å². The van der Waals surface area contributed by atoms with E-state index in [0.29, 0.717) is 6.42 Å². The quantitative estimate of drug-likeness (QED) is 0.860. The lowest BCUT2D eigenvalue weighted by molar-refractivity contribution is -0.142. The van der Waals surface area contributed by atoms with Crippen LogP contribution in [0.3, 0.4) is 0 Å². The first-order valence-corrected chi connectivity index (χ1v) is 7.35. The number of carboxylic acid groups (broad SMARTS) is 1. The van der Waals surface area contributed by atoms with E-state index in [2.05, 4.69) is 5.32 Å². The molecule has 22 heavy (non-hydrogen) atoms. The van der Waals surface area contributed by atoms with Crippen molar-refractivity contribution in [2.24, 2.45) is 5.92 Å². The van der Waals surface area contributed by atoms with Crippen LogP contribution in [0, 0.1) is 12.8 Å². The minimum Gasteiger partial charge on any atom is -0.480 e. The number of aliphatic carboxylic acids is 1. The fourth-order valence-electron chi connectivity index (χ4n) is 2.44. The normalized spacial score (nSPS) is 12.5. The molecule has 0 aliphatic heterocycles. The van der Waals surface area contributed by atoms with Crippen LogP contribution < -0.4 is 5.32 Å². The number of hydrogen-bond donors (Lipinski definition) is 2. The summed E-state index contributed by atoms with van der Waals surface area (Å²) in [4.78, 5) is 23.3. The molecule has 1 unspecified atom stereocenters. The van der Waals surface area contributed by atoms with Crippen LogP contribution in [0.25, 0.3) is 11.0 Å². The van der Waals surface area contributed by atoms with Crippen LogP contribution >= 0.6 is 0 Å². The Morgan fingerprint density at radius 2 is 2.05 bits per heavy atom. The number of carbonyl (C=O) groups excluding carboxylic acids is 1. The van der Waals surface area contributed by atoms with Crippen LogP contribution in [-0.2, 0) is 16.0 Å².